The minimum Gasteiger partial charge on any atom is -0.282 e. The lowest BCUT2D eigenvalue weighted by molar-refractivity contribution is -0.107. The van der Waals surface area contributed by atoms with Gasteiger partial charge in [0.15, 0.2) is 0 Å². The van der Waals surface area contributed by atoms with Crippen LogP contribution < -0.4 is 0 Å². The average Bonchev–Trinajstić information content (AvgIpc) is 2.16. The molecule has 0 saturated carbocycles. The van der Waals surface area contributed by atoms with Gasteiger partial charge in [-0.05, 0) is 36.4 Å². The maximum atomic E-state index is 11.2. The van der Waals surface area contributed by atoms with Crippen LogP contribution in [0, 0.1) is 0 Å². The normalized spacial score (nSPS) is 10.5. The van der Waals surface area contributed by atoms with Crippen LogP contribution in [0.25, 0.3) is 0 Å². The van der Waals surface area contributed by atoms with E-state index in [0.717, 1.165) is 11.3 Å². The highest BCUT2D eigenvalue weighted by molar-refractivity contribution is 8.14. The predicted molar refractivity (Wildman–Crippen MR) is 56.7 cm³/mol. The van der Waals surface area contributed by atoms with Crippen LogP contribution in [0.3, 0.4) is 0 Å². The molecule has 1 nitrogen and oxygen atoms in total. The van der Waals surface area contributed by atoms with Crippen LogP contribution in [-0.4, -0.2) is 5.12 Å². The lowest BCUT2D eigenvalue weighted by atomic mass is 10.4. The van der Waals surface area contributed by atoms with Crippen LogP contribution in [0.1, 0.15) is 13.3 Å². The van der Waals surface area contributed by atoms with Gasteiger partial charge in [-0.15, -0.1) is 0 Å². The van der Waals surface area contributed by atoms with Gasteiger partial charge in [0.25, 0.3) is 0 Å². The topological polar surface area (TPSA) is 17.1 Å². The molecule has 0 heterocycles. The second kappa shape index (κ2) is 5.60. The quantitative estimate of drug-likeness (QED) is 0.540. The van der Waals surface area contributed by atoms with Crippen molar-refractivity contribution >= 4 is 16.9 Å². The summed E-state index contributed by atoms with van der Waals surface area (Å²) < 4.78 is 0. The highest BCUT2D eigenvalue weighted by atomic mass is 32.2. The third kappa shape index (κ3) is 3.95. The molecule has 0 unspecified atom stereocenters. The van der Waals surface area contributed by atoms with Crippen molar-refractivity contribution in [2.24, 2.45) is 0 Å². The van der Waals surface area contributed by atoms with Gasteiger partial charge in [-0.3, -0.25) is 4.79 Å². The molecule has 0 fully saturated rings. The van der Waals surface area contributed by atoms with Gasteiger partial charge in [-0.2, -0.15) is 0 Å². The Hall–Kier alpha value is -1.02. The fourth-order valence-electron chi connectivity index (χ4n) is 0.853. The molecule has 2 heteroatoms. The molecule has 0 atom stereocenters. The summed E-state index contributed by atoms with van der Waals surface area (Å²) in [5.74, 6) is 0. The van der Waals surface area contributed by atoms with Crippen molar-refractivity contribution in [1.82, 2.24) is 0 Å². The Kier molecular flexibility index (Phi) is 4.33. The smallest absolute Gasteiger partial charge is 0.216 e. The van der Waals surface area contributed by atoms with E-state index in [1.807, 2.05) is 43.3 Å². The summed E-state index contributed by atoms with van der Waals surface area (Å²) in [5.41, 5.74) is 0. The van der Waals surface area contributed by atoms with Crippen molar-refractivity contribution in [2.45, 2.75) is 18.2 Å². The van der Waals surface area contributed by atoms with Gasteiger partial charge in [0.1, 0.15) is 0 Å². The van der Waals surface area contributed by atoms with E-state index in [0.29, 0.717) is 0 Å². The summed E-state index contributed by atoms with van der Waals surface area (Å²) >= 11 is 1.26. The minimum atomic E-state index is 0.0908. The zero-order valence-corrected chi connectivity index (χ0v) is 8.38. The van der Waals surface area contributed by atoms with E-state index in [4.69, 9.17) is 0 Å². The number of benzene rings is 1. The van der Waals surface area contributed by atoms with Crippen LogP contribution in [0.5, 0.6) is 0 Å². The van der Waals surface area contributed by atoms with E-state index in [9.17, 15) is 4.79 Å². The van der Waals surface area contributed by atoms with Crippen molar-refractivity contribution in [2.75, 3.05) is 0 Å². The van der Waals surface area contributed by atoms with E-state index in [1.54, 1.807) is 6.08 Å². The Morgan fingerprint density at radius 1 is 1.38 bits per heavy atom. The fourth-order valence-corrected chi connectivity index (χ4v) is 1.54. The second-order valence-electron chi connectivity index (χ2n) is 2.54. The van der Waals surface area contributed by atoms with Gasteiger partial charge in [0.2, 0.25) is 5.12 Å². The molecule has 0 aliphatic rings. The van der Waals surface area contributed by atoms with Crippen LogP contribution in [-0.2, 0) is 4.79 Å². The van der Waals surface area contributed by atoms with Crippen LogP contribution in [0.15, 0.2) is 47.4 Å². The zero-order chi connectivity index (χ0) is 9.52. The lowest BCUT2D eigenvalue weighted by Crippen LogP contribution is -1.83. The highest BCUT2D eigenvalue weighted by Gasteiger charge is 1.98. The molecule has 0 aliphatic carbocycles. The first-order chi connectivity index (χ1) is 6.33. The number of thioether (sulfide) groups is 1. The number of hydrogen-bond acceptors (Lipinski definition) is 2. The Bertz CT molecular complexity index is 290. The Balaban J connectivity index is 2.50. The average molecular weight is 192 g/mol. The largest absolute Gasteiger partial charge is 0.282 e. The predicted octanol–water partition coefficient (Wildman–Crippen LogP) is 3.27. The van der Waals surface area contributed by atoms with Crippen molar-refractivity contribution in [3.05, 3.63) is 42.5 Å². The maximum Gasteiger partial charge on any atom is 0.216 e. The van der Waals surface area contributed by atoms with Crippen LogP contribution >= 0.6 is 11.8 Å². The summed E-state index contributed by atoms with van der Waals surface area (Å²) in [7, 11) is 0. The number of allylic oxidation sites excluding steroid dienone is 1. The molecule has 1 aromatic rings. The van der Waals surface area contributed by atoms with Gasteiger partial charge in [0.05, 0.1) is 0 Å². The molecule has 0 saturated heterocycles. The molecule has 0 amide bonds. The Morgan fingerprint density at radius 2 is 2.08 bits per heavy atom. The van der Waals surface area contributed by atoms with Gasteiger partial charge < -0.3 is 0 Å². The Morgan fingerprint density at radius 3 is 2.69 bits per heavy atom. The van der Waals surface area contributed by atoms with E-state index in [2.05, 4.69) is 0 Å². The van der Waals surface area contributed by atoms with Crippen molar-refractivity contribution < 1.29 is 4.79 Å². The first kappa shape index (κ1) is 10.1. The van der Waals surface area contributed by atoms with Gasteiger partial charge >= 0.3 is 0 Å². The fraction of sp³-hybridized carbons (Fsp3) is 0.182. The molecule has 0 spiro atoms. The standard InChI is InChI=1S/C11H12OS/c1-2-3-9-11(12)13-10-7-5-4-6-8-10/h3-9H,2H2,1H3. The molecule has 0 N–H and O–H groups in total. The van der Waals surface area contributed by atoms with Gasteiger partial charge in [-0.1, -0.05) is 31.2 Å². The maximum absolute atomic E-state index is 11.2. The third-order valence-electron chi connectivity index (χ3n) is 1.45. The number of hydrogen-bond donors (Lipinski definition) is 0. The van der Waals surface area contributed by atoms with Crippen molar-refractivity contribution in [1.29, 1.82) is 0 Å². The van der Waals surface area contributed by atoms with E-state index in [1.165, 1.54) is 11.8 Å². The van der Waals surface area contributed by atoms with Crippen LogP contribution in [0.4, 0.5) is 0 Å². The first-order valence-electron chi connectivity index (χ1n) is 4.26. The molecule has 0 aromatic heterocycles. The van der Waals surface area contributed by atoms with E-state index in [-0.39, 0.29) is 5.12 Å². The van der Waals surface area contributed by atoms with E-state index >= 15 is 0 Å². The van der Waals surface area contributed by atoms with Crippen molar-refractivity contribution in [3.63, 3.8) is 0 Å². The molecule has 0 aliphatic heterocycles. The highest BCUT2D eigenvalue weighted by Crippen LogP contribution is 2.18. The SMILES string of the molecule is CCC=CC(=O)Sc1ccccc1. The number of carbonyl (C=O) groups excluding carboxylic acids is 1. The van der Waals surface area contributed by atoms with Gasteiger partial charge in [-0.25, -0.2) is 0 Å². The second-order valence-corrected chi connectivity index (χ2v) is 3.62. The third-order valence-corrected chi connectivity index (χ3v) is 2.30. The summed E-state index contributed by atoms with van der Waals surface area (Å²) in [5, 5.41) is 0.0908. The monoisotopic (exact) mass is 192 g/mol. The molecule has 1 aromatic carbocycles. The molecule has 0 radical (unpaired) electrons. The summed E-state index contributed by atoms with van der Waals surface area (Å²) in [6, 6.07) is 9.67. The lowest BCUT2D eigenvalue weighted by Gasteiger charge is -1.94. The summed E-state index contributed by atoms with van der Waals surface area (Å²) in [6.07, 6.45) is 4.40. The number of carbonyl (C=O) groups is 1. The molecule has 13 heavy (non-hydrogen) atoms. The zero-order valence-electron chi connectivity index (χ0n) is 7.57. The van der Waals surface area contributed by atoms with Crippen molar-refractivity contribution in [3.8, 4) is 0 Å². The molecular weight excluding hydrogens is 180 g/mol. The first-order valence-corrected chi connectivity index (χ1v) is 5.08. The van der Waals surface area contributed by atoms with Crippen LogP contribution in [0.2, 0.25) is 0 Å². The molecule has 0 bridgehead atoms. The summed E-state index contributed by atoms with van der Waals surface area (Å²) in [6.45, 7) is 2.01. The van der Waals surface area contributed by atoms with Gasteiger partial charge in [0, 0.05) is 4.90 Å². The molecule has 1 rings (SSSR count). The molecular formula is C11H12OS. The minimum absolute atomic E-state index is 0.0908. The summed E-state index contributed by atoms with van der Waals surface area (Å²) in [4.78, 5) is 12.2. The van der Waals surface area contributed by atoms with E-state index < -0.39 is 0 Å². The number of rotatable bonds is 3. The Labute approximate surface area is 82.9 Å². The molecule has 68 valence electrons.